The summed E-state index contributed by atoms with van der Waals surface area (Å²) in [5.74, 6) is 0.0287. The third-order valence-electron chi connectivity index (χ3n) is 1.91. The van der Waals surface area contributed by atoms with Crippen LogP contribution in [-0.2, 0) is 4.79 Å². The summed E-state index contributed by atoms with van der Waals surface area (Å²) in [5, 5.41) is 0.978. The lowest BCUT2D eigenvalue weighted by Crippen LogP contribution is -1.91. The van der Waals surface area contributed by atoms with Gasteiger partial charge in [-0.25, -0.2) is 0 Å². The van der Waals surface area contributed by atoms with Gasteiger partial charge in [-0.15, -0.1) is 0 Å². The summed E-state index contributed by atoms with van der Waals surface area (Å²) in [6, 6.07) is 5.33. The van der Waals surface area contributed by atoms with E-state index in [1.807, 2.05) is 6.07 Å². The maximum absolute atomic E-state index is 11.0. The summed E-state index contributed by atoms with van der Waals surface area (Å²) in [6.07, 6.45) is 1.73. The third-order valence-corrected chi connectivity index (χ3v) is 2.74. The number of halogens is 2. The standard InChI is InChI=1S/C11H10Cl2O/c1-7(8(2)14)6-9-4-3-5-10(12)11(9)13/h3-6H,1-2H3/b7-6-. The van der Waals surface area contributed by atoms with Crippen LogP contribution in [-0.4, -0.2) is 5.78 Å². The molecule has 1 aromatic rings. The molecule has 0 N–H and O–H groups in total. The second kappa shape index (κ2) is 4.63. The van der Waals surface area contributed by atoms with Crippen LogP contribution in [0, 0.1) is 0 Å². The van der Waals surface area contributed by atoms with Gasteiger partial charge < -0.3 is 0 Å². The van der Waals surface area contributed by atoms with Gasteiger partial charge in [-0.2, -0.15) is 0 Å². The lowest BCUT2D eigenvalue weighted by molar-refractivity contribution is -0.113. The van der Waals surface area contributed by atoms with Gasteiger partial charge in [-0.1, -0.05) is 35.3 Å². The number of carbonyl (C=O) groups excluding carboxylic acids is 1. The van der Waals surface area contributed by atoms with Gasteiger partial charge in [0.15, 0.2) is 5.78 Å². The van der Waals surface area contributed by atoms with E-state index >= 15 is 0 Å². The molecule has 0 saturated carbocycles. The van der Waals surface area contributed by atoms with E-state index in [0.29, 0.717) is 15.6 Å². The van der Waals surface area contributed by atoms with Crippen molar-refractivity contribution in [2.45, 2.75) is 13.8 Å². The van der Waals surface area contributed by atoms with E-state index in [2.05, 4.69) is 0 Å². The Kier molecular flexibility index (Phi) is 3.73. The lowest BCUT2D eigenvalue weighted by atomic mass is 10.1. The molecule has 14 heavy (non-hydrogen) atoms. The van der Waals surface area contributed by atoms with Gasteiger partial charge in [0.1, 0.15) is 0 Å². The number of ketones is 1. The van der Waals surface area contributed by atoms with Gasteiger partial charge in [-0.05, 0) is 37.1 Å². The molecule has 0 aromatic heterocycles. The highest BCUT2D eigenvalue weighted by Gasteiger charge is 2.03. The largest absolute Gasteiger partial charge is 0.295 e. The molecule has 0 unspecified atom stereocenters. The Bertz CT molecular complexity index is 394. The fourth-order valence-electron chi connectivity index (χ4n) is 0.967. The van der Waals surface area contributed by atoms with Crippen LogP contribution in [0.15, 0.2) is 23.8 Å². The SMILES string of the molecule is CC(=O)/C(C)=C\c1cccc(Cl)c1Cl. The fourth-order valence-corrected chi connectivity index (χ4v) is 1.33. The van der Waals surface area contributed by atoms with Gasteiger partial charge in [0.25, 0.3) is 0 Å². The average Bonchev–Trinajstić information content (AvgIpc) is 2.12. The van der Waals surface area contributed by atoms with Crippen molar-refractivity contribution >= 4 is 35.1 Å². The lowest BCUT2D eigenvalue weighted by Gasteiger charge is -2.01. The van der Waals surface area contributed by atoms with Crippen molar-refractivity contribution in [2.75, 3.05) is 0 Å². The smallest absolute Gasteiger partial charge is 0.155 e. The van der Waals surface area contributed by atoms with E-state index in [-0.39, 0.29) is 5.78 Å². The number of hydrogen-bond acceptors (Lipinski definition) is 1. The molecule has 0 aliphatic heterocycles. The molecule has 1 aromatic carbocycles. The van der Waals surface area contributed by atoms with Crippen LogP contribution in [0.2, 0.25) is 10.0 Å². The summed E-state index contributed by atoms with van der Waals surface area (Å²) in [4.78, 5) is 11.0. The molecule has 0 bridgehead atoms. The summed E-state index contributed by atoms with van der Waals surface area (Å²) in [7, 11) is 0. The van der Waals surface area contributed by atoms with Crippen molar-refractivity contribution < 1.29 is 4.79 Å². The number of carbonyl (C=O) groups is 1. The van der Waals surface area contributed by atoms with Crippen LogP contribution >= 0.6 is 23.2 Å². The van der Waals surface area contributed by atoms with Gasteiger partial charge >= 0.3 is 0 Å². The Morgan fingerprint density at radius 3 is 2.50 bits per heavy atom. The molecule has 74 valence electrons. The van der Waals surface area contributed by atoms with E-state index in [4.69, 9.17) is 23.2 Å². The molecule has 0 aliphatic carbocycles. The molecule has 0 fully saturated rings. The van der Waals surface area contributed by atoms with E-state index in [0.717, 1.165) is 5.56 Å². The van der Waals surface area contributed by atoms with Crippen LogP contribution in [0.5, 0.6) is 0 Å². The van der Waals surface area contributed by atoms with E-state index < -0.39 is 0 Å². The first-order valence-electron chi connectivity index (χ1n) is 4.15. The van der Waals surface area contributed by atoms with Gasteiger partial charge in [0.05, 0.1) is 10.0 Å². The highest BCUT2D eigenvalue weighted by Crippen LogP contribution is 2.27. The van der Waals surface area contributed by atoms with Crippen LogP contribution in [0.1, 0.15) is 19.4 Å². The van der Waals surface area contributed by atoms with Crippen LogP contribution in [0.3, 0.4) is 0 Å². The summed E-state index contributed by atoms with van der Waals surface area (Å²) in [5.41, 5.74) is 1.43. The molecule has 3 heteroatoms. The maximum Gasteiger partial charge on any atom is 0.155 e. The number of rotatable bonds is 2. The Hall–Kier alpha value is -0.790. The molecule has 1 rings (SSSR count). The molecule has 0 saturated heterocycles. The first-order valence-corrected chi connectivity index (χ1v) is 4.91. The number of Topliss-reactive ketones (excluding diaryl/α,β-unsaturated/α-hetero) is 1. The summed E-state index contributed by atoms with van der Waals surface area (Å²) < 4.78 is 0. The molecule has 0 heterocycles. The summed E-state index contributed by atoms with van der Waals surface area (Å²) >= 11 is 11.8. The second-order valence-electron chi connectivity index (χ2n) is 3.03. The summed E-state index contributed by atoms with van der Waals surface area (Å²) in [6.45, 7) is 3.27. The molecular formula is C11H10Cl2O. The topological polar surface area (TPSA) is 17.1 Å². The Balaban J connectivity index is 3.15. The first-order chi connectivity index (χ1) is 6.52. The minimum Gasteiger partial charge on any atom is -0.295 e. The number of hydrogen-bond donors (Lipinski definition) is 0. The van der Waals surface area contributed by atoms with Crippen molar-refractivity contribution in [2.24, 2.45) is 0 Å². The van der Waals surface area contributed by atoms with Crippen LogP contribution in [0.4, 0.5) is 0 Å². The monoisotopic (exact) mass is 228 g/mol. The average molecular weight is 229 g/mol. The van der Waals surface area contributed by atoms with Gasteiger partial charge in [0.2, 0.25) is 0 Å². The zero-order chi connectivity index (χ0) is 10.7. The fraction of sp³-hybridized carbons (Fsp3) is 0.182. The molecule has 1 nitrogen and oxygen atoms in total. The first kappa shape index (κ1) is 11.3. The minimum absolute atomic E-state index is 0.0287. The van der Waals surface area contributed by atoms with Crippen molar-refractivity contribution in [1.82, 2.24) is 0 Å². The van der Waals surface area contributed by atoms with Crippen molar-refractivity contribution in [3.63, 3.8) is 0 Å². The number of benzene rings is 1. The molecule has 0 aliphatic rings. The van der Waals surface area contributed by atoms with E-state index in [1.165, 1.54) is 6.92 Å². The Morgan fingerprint density at radius 2 is 1.93 bits per heavy atom. The zero-order valence-corrected chi connectivity index (χ0v) is 9.49. The highest BCUT2D eigenvalue weighted by molar-refractivity contribution is 6.42. The molecule has 0 spiro atoms. The molecule has 0 atom stereocenters. The normalized spacial score (nSPS) is 11.6. The minimum atomic E-state index is 0.0287. The second-order valence-corrected chi connectivity index (χ2v) is 3.81. The third kappa shape index (κ3) is 2.60. The van der Waals surface area contributed by atoms with Crippen molar-refractivity contribution in [3.05, 3.63) is 39.4 Å². The molecular weight excluding hydrogens is 219 g/mol. The molecule has 0 radical (unpaired) electrons. The van der Waals surface area contributed by atoms with Crippen LogP contribution in [0.25, 0.3) is 6.08 Å². The Morgan fingerprint density at radius 1 is 1.29 bits per heavy atom. The maximum atomic E-state index is 11.0. The van der Waals surface area contributed by atoms with Crippen LogP contribution < -0.4 is 0 Å². The predicted molar refractivity (Wildman–Crippen MR) is 60.8 cm³/mol. The highest BCUT2D eigenvalue weighted by atomic mass is 35.5. The van der Waals surface area contributed by atoms with E-state index in [1.54, 1.807) is 25.1 Å². The number of allylic oxidation sites excluding steroid dienone is 1. The van der Waals surface area contributed by atoms with Gasteiger partial charge in [-0.3, -0.25) is 4.79 Å². The van der Waals surface area contributed by atoms with Gasteiger partial charge in [0, 0.05) is 0 Å². The Labute approximate surface area is 93.3 Å². The predicted octanol–water partition coefficient (Wildman–Crippen LogP) is 3.99. The molecule has 0 amide bonds. The quantitative estimate of drug-likeness (QED) is 0.701. The van der Waals surface area contributed by atoms with Crippen molar-refractivity contribution in [1.29, 1.82) is 0 Å². The zero-order valence-electron chi connectivity index (χ0n) is 7.97. The van der Waals surface area contributed by atoms with Crippen molar-refractivity contribution in [3.8, 4) is 0 Å². The van der Waals surface area contributed by atoms with E-state index in [9.17, 15) is 4.79 Å².